The summed E-state index contributed by atoms with van der Waals surface area (Å²) in [4.78, 5) is 1.95. The largest absolute Gasteiger partial charge is 0.395 e. The molecule has 1 rings (SSSR count). The van der Waals surface area contributed by atoms with Crippen LogP contribution in [0, 0.1) is 0 Å². The first kappa shape index (κ1) is 16.1. The maximum atomic E-state index is 11.2. The van der Waals surface area contributed by atoms with Gasteiger partial charge in [0.2, 0.25) is 0 Å². The zero-order valence-electron chi connectivity index (χ0n) is 11.8. The molecule has 0 heterocycles. The minimum atomic E-state index is -2.95. The van der Waals surface area contributed by atoms with Crippen molar-refractivity contribution in [3.05, 3.63) is 35.9 Å². The van der Waals surface area contributed by atoms with Crippen molar-refractivity contribution in [1.82, 2.24) is 4.90 Å². The highest BCUT2D eigenvalue weighted by molar-refractivity contribution is 7.90. The van der Waals surface area contributed by atoms with Crippen LogP contribution in [0.1, 0.15) is 12.5 Å². The molecule has 19 heavy (non-hydrogen) atoms. The summed E-state index contributed by atoms with van der Waals surface area (Å²) in [5.41, 5.74) is 0.678. The SMILES string of the molecule is CN(CCS(C)(=O)=O)CC(C)(CO)c1ccccc1. The Kier molecular flexibility index (Phi) is 5.52. The van der Waals surface area contributed by atoms with Gasteiger partial charge in [-0.25, -0.2) is 8.42 Å². The lowest BCUT2D eigenvalue weighted by Crippen LogP contribution is -2.41. The summed E-state index contributed by atoms with van der Waals surface area (Å²) in [6.45, 7) is 3.10. The average molecular weight is 285 g/mol. The molecular weight excluding hydrogens is 262 g/mol. The van der Waals surface area contributed by atoms with Crippen LogP contribution in [0.25, 0.3) is 0 Å². The molecule has 0 aromatic heterocycles. The molecule has 1 unspecified atom stereocenters. The Balaban J connectivity index is 2.71. The van der Waals surface area contributed by atoms with Crippen molar-refractivity contribution < 1.29 is 13.5 Å². The molecule has 0 radical (unpaired) electrons. The molecule has 0 aliphatic rings. The highest BCUT2D eigenvalue weighted by atomic mass is 32.2. The zero-order chi connectivity index (χ0) is 14.5. The summed E-state index contributed by atoms with van der Waals surface area (Å²) in [7, 11) is -1.07. The van der Waals surface area contributed by atoms with Crippen LogP contribution in [0.5, 0.6) is 0 Å². The van der Waals surface area contributed by atoms with Crippen LogP contribution in [-0.2, 0) is 15.3 Å². The number of sulfone groups is 1. The van der Waals surface area contributed by atoms with E-state index in [2.05, 4.69) is 0 Å². The first-order chi connectivity index (χ1) is 8.77. The molecule has 1 N–H and O–H groups in total. The van der Waals surface area contributed by atoms with Crippen molar-refractivity contribution in [2.24, 2.45) is 0 Å². The first-order valence-corrected chi connectivity index (χ1v) is 8.35. The number of benzene rings is 1. The number of likely N-dealkylation sites (N-methyl/N-ethyl adjacent to an activating group) is 1. The predicted molar refractivity (Wildman–Crippen MR) is 78.1 cm³/mol. The van der Waals surface area contributed by atoms with Crippen LogP contribution in [0.2, 0.25) is 0 Å². The van der Waals surface area contributed by atoms with Crippen molar-refractivity contribution in [3.63, 3.8) is 0 Å². The lowest BCUT2D eigenvalue weighted by molar-refractivity contribution is 0.162. The highest BCUT2D eigenvalue weighted by Gasteiger charge is 2.27. The van der Waals surface area contributed by atoms with E-state index in [1.54, 1.807) is 0 Å². The molecule has 0 aliphatic heterocycles. The fourth-order valence-corrected chi connectivity index (χ4v) is 2.71. The van der Waals surface area contributed by atoms with E-state index in [0.717, 1.165) is 5.56 Å². The minimum absolute atomic E-state index is 0.0280. The number of hydrogen-bond donors (Lipinski definition) is 1. The van der Waals surface area contributed by atoms with E-state index in [1.807, 2.05) is 49.2 Å². The Morgan fingerprint density at radius 1 is 1.26 bits per heavy atom. The van der Waals surface area contributed by atoms with Gasteiger partial charge in [0.1, 0.15) is 9.84 Å². The molecular formula is C14H23NO3S. The van der Waals surface area contributed by atoms with Gasteiger partial charge in [-0.3, -0.25) is 0 Å². The number of aliphatic hydroxyl groups is 1. The molecule has 0 saturated carbocycles. The van der Waals surface area contributed by atoms with Gasteiger partial charge in [0, 0.05) is 24.8 Å². The highest BCUT2D eigenvalue weighted by Crippen LogP contribution is 2.23. The van der Waals surface area contributed by atoms with Gasteiger partial charge in [0.25, 0.3) is 0 Å². The summed E-state index contributed by atoms with van der Waals surface area (Å²) in [6.07, 6.45) is 1.24. The molecule has 0 aliphatic carbocycles. The molecule has 1 aromatic rings. The Hall–Kier alpha value is -0.910. The molecule has 0 bridgehead atoms. The van der Waals surface area contributed by atoms with E-state index >= 15 is 0 Å². The van der Waals surface area contributed by atoms with Crippen molar-refractivity contribution in [1.29, 1.82) is 0 Å². The second-order valence-corrected chi connectivity index (χ2v) is 7.71. The summed E-state index contributed by atoms with van der Waals surface area (Å²) in [5, 5.41) is 9.67. The lowest BCUT2D eigenvalue weighted by atomic mass is 9.83. The van der Waals surface area contributed by atoms with Crippen LogP contribution < -0.4 is 0 Å². The van der Waals surface area contributed by atoms with E-state index in [-0.39, 0.29) is 17.8 Å². The second-order valence-electron chi connectivity index (χ2n) is 5.45. The standard InChI is InChI=1S/C14H23NO3S/c1-14(12-16,13-7-5-4-6-8-13)11-15(2)9-10-19(3,17)18/h4-8,16H,9-12H2,1-3H3. The van der Waals surface area contributed by atoms with Crippen LogP contribution in [0.15, 0.2) is 30.3 Å². The minimum Gasteiger partial charge on any atom is -0.395 e. The fraction of sp³-hybridized carbons (Fsp3) is 0.571. The van der Waals surface area contributed by atoms with E-state index in [4.69, 9.17) is 0 Å². The van der Waals surface area contributed by atoms with E-state index in [0.29, 0.717) is 13.1 Å². The van der Waals surface area contributed by atoms with E-state index < -0.39 is 9.84 Å². The molecule has 108 valence electrons. The molecule has 0 spiro atoms. The molecule has 5 heteroatoms. The number of hydrogen-bond acceptors (Lipinski definition) is 4. The van der Waals surface area contributed by atoms with Gasteiger partial charge in [0.05, 0.1) is 12.4 Å². The Morgan fingerprint density at radius 2 is 1.84 bits per heavy atom. The van der Waals surface area contributed by atoms with Crippen molar-refractivity contribution in [2.45, 2.75) is 12.3 Å². The summed E-state index contributed by atoms with van der Waals surface area (Å²) in [5.74, 6) is 0.139. The van der Waals surface area contributed by atoms with Gasteiger partial charge in [-0.05, 0) is 12.6 Å². The maximum Gasteiger partial charge on any atom is 0.148 e. The predicted octanol–water partition coefficient (Wildman–Crippen LogP) is 0.913. The number of nitrogens with zero attached hydrogens (tertiary/aromatic N) is 1. The van der Waals surface area contributed by atoms with Crippen molar-refractivity contribution in [2.75, 3.05) is 38.8 Å². The first-order valence-electron chi connectivity index (χ1n) is 6.29. The average Bonchev–Trinajstić information content (AvgIpc) is 2.36. The third-order valence-electron chi connectivity index (χ3n) is 3.28. The van der Waals surface area contributed by atoms with Crippen LogP contribution in [0.4, 0.5) is 0 Å². The molecule has 1 atom stereocenters. The summed E-state index contributed by atoms with van der Waals surface area (Å²) in [6, 6.07) is 9.80. The van der Waals surface area contributed by atoms with Gasteiger partial charge < -0.3 is 10.0 Å². The van der Waals surface area contributed by atoms with Gasteiger partial charge >= 0.3 is 0 Å². The van der Waals surface area contributed by atoms with E-state index in [9.17, 15) is 13.5 Å². The topological polar surface area (TPSA) is 57.6 Å². The third kappa shape index (κ3) is 5.30. The molecule has 0 amide bonds. The smallest absolute Gasteiger partial charge is 0.148 e. The molecule has 4 nitrogen and oxygen atoms in total. The third-order valence-corrected chi connectivity index (χ3v) is 4.21. The number of aliphatic hydroxyl groups excluding tert-OH is 1. The molecule has 0 saturated heterocycles. The lowest BCUT2D eigenvalue weighted by Gasteiger charge is -2.32. The van der Waals surface area contributed by atoms with Crippen LogP contribution in [0.3, 0.4) is 0 Å². The van der Waals surface area contributed by atoms with E-state index in [1.165, 1.54) is 6.26 Å². The zero-order valence-corrected chi connectivity index (χ0v) is 12.7. The van der Waals surface area contributed by atoms with Gasteiger partial charge in [0.15, 0.2) is 0 Å². The fourth-order valence-electron chi connectivity index (χ4n) is 2.07. The molecule has 0 fully saturated rings. The quantitative estimate of drug-likeness (QED) is 0.809. The monoisotopic (exact) mass is 285 g/mol. The van der Waals surface area contributed by atoms with Gasteiger partial charge in [-0.1, -0.05) is 37.3 Å². The Labute approximate surface area is 116 Å². The maximum absolute atomic E-state index is 11.2. The summed E-state index contributed by atoms with van der Waals surface area (Å²) >= 11 is 0. The Bertz CT molecular complexity index is 487. The normalized spacial score (nSPS) is 15.4. The van der Waals surface area contributed by atoms with Gasteiger partial charge in [-0.15, -0.1) is 0 Å². The molecule has 1 aromatic carbocycles. The van der Waals surface area contributed by atoms with Crippen molar-refractivity contribution in [3.8, 4) is 0 Å². The number of rotatable bonds is 7. The second kappa shape index (κ2) is 6.50. The summed E-state index contributed by atoms with van der Waals surface area (Å²) < 4.78 is 22.3. The van der Waals surface area contributed by atoms with Crippen LogP contribution >= 0.6 is 0 Å². The Morgan fingerprint density at radius 3 is 2.32 bits per heavy atom. The van der Waals surface area contributed by atoms with Crippen LogP contribution in [-0.4, -0.2) is 57.2 Å². The van der Waals surface area contributed by atoms with Gasteiger partial charge in [-0.2, -0.15) is 0 Å². The van der Waals surface area contributed by atoms with Crippen molar-refractivity contribution >= 4 is 9.84 Å².